The Labute approximate surface area is 144 Å². The summed E-state index contributed by atoms with van der Waals surface area (Å²) in [6.45, 7) is 1.84. The fourth-order valence-electron chi connectivity index (χ4n) is 3.28. The molecule has 1 aromatic heterocycles. The van der Waals surface area contributed by atoms with Gasteiger partial charge >= 0.3 is 0 Å². The Hall–Kier alpha value is -3.21. The molecule has 5 heteroatoms. The number of nitrogens with one attached hydrogen (secondary N) is 1. The second-order valence-corrected chi connectivity index (χ2v) is 6.19. The summed E-state index contributed by atoms with van der Waals surface area (Å²) in [7, 11) is 0. The first kappa shape index (κ1) is 15.3. The number of benzene rings is 2. The van der Waals surface area contributed by atoms with E-state index >= 15 is 0 Å². The molecule has 124 valence electrons. The third-order valence-corrected chi connectivity index (χ3v) is 4.66. The van der Waals surface area contributed by atoms with E-state index in [1.165, 1.54) is 11.8 Å². The first-order valence-electron chi connectivity index (χ1n) is 8.12. The van der Waals surface area contributed by atoms with Crippen molar-refractivity contribution in [2.24, 2.45) is 0 Å². The third kappa shape index (κ3) is 2.45. The maximum absolute atomic E-state index is 12.4. The molecule has 3 aromatic rings. The molecular weight excluding hydrogens is 316 g/mol. The number of aromatic amines is 1. The Morgan fingerprint density at radius 1 is 1.04 bits per heavy atom. The van der Waals surface area contributed by atoms with Crippen LogP contribution in [-0.4, -0.2) is 34.0 Å². The highest BCUT2D eigenvalue weighted by atomic mass is 16.2. The van der Waals surface area contributed by atoms with Gasteiger partial charge in [-0.1, -0.05) is 12.1 Å². The Bertz CT molecular complexity index is 997. The van der Waals surface area contributed by atoms with Gasteiger partial charge in [0.05, 0.1) is 11.1 Å². The molecule has 1 aliphatic heterocycles. The van der Waals surface area contributed by atoms with Gasteiger partial charge in [-0.15, -0.1) is 0 Å². The normalized spacial score (nSPS) is 13.6. The van der Waals surface area contributed by atoms with Crippen LogP contribution in [0.25, 0.3) is 10.9 Å². The average Bonchev–Trinajstić information content (AvgIpc) is 3.13. The van der Waals surface area contributed by atoms with Crippen molar-refractivity contribution in [3.05, 3.63) is 70.9 Å². The lowest BCUT2D eigenvalue weighted by atomic mass is 10.1. The fraction of sp³-hybridized carbons (Fsp3) is 0.150. The number of ketones is 1. The zero-order valence-corrected chi connectivity index (χ0v) is 13.7. The van der Waals surface area contributed by atoms with Crippen molar-refractivity contribution in [1.82, 2.24) is 9.88 Å². The number of carbonyl (C=O) groups excluding carboxylic acids is 3. The topological polar surface area (TPSA) is 70.2 Å². The predicted molar refractivity (Wildman–Crippen MR) is 93.8 cm³/mol. The summed E-state index contributed by atoms with van der Waals surface area (Å²) in [5, 5.41) is 0.948. The SMILES string of the molecule is CC(=O)c1ccc2[nH]cc(CCN3C(=O)c4ccccc4C3=O)c2c1. The molecule has 0 aliphatic carbocycles. The summed E-state index contributed by atoms with van der Waals surface area (Å²) in [4.78, 5) is 40.9. The van der Waals surface area contributed by atoms with Crippen LogP contribution in [0.1, 0.15) is 43.6 Å². The first-order valence-corrected chi connectivity index (χ1v) is 8.12. The minimum absolute atomic E-state index is 0.00870. The van der Waals surface area contributed by atoms with Gasteiger partial charge < -0.3 is 4.98 Å². The van der Waals surface area contributed by atoms with Crippen LogP contribution >= 0.6 is 0 Å². The van der Waals surface area contributed by atoms with Crippen molar-refractivity contribution in [3.8, 4) is 0 Å². The summed E-state index contributed by atoms with van der Waals surface area (Å²) in [5.74, 6) is -0.482. The smallest absolute Gasteiger partial charge is 0.261 e. The van der Waals surface area contributed by atoms with E-state index in [4.69, 9.17) is 0 Å². The molecule has 0 bridgehead atoms. The molecule has 2 amide bonds. The molecule has 4 rings (SSSR count). The number of aromatic nitrogens is 1. The van der Waals surface area contributed by atoms with Gasteiger partial charge in [0, 0.05) is 29.2 Å². The Balaban J connectivity index is 1.59. The van der Waals surface area contributed by atoms with E-state index in [9.17, 15) is 14.4 Å². The van der Waals surface area contributed by atoms with Gasteiger partial charge in [-0.3, -0.25) is 19.3 Å². The van der Waals surface area contributed by atoms with E-state index in [-0.39, 0.29) is 17.6 Å². The molecule has 0 saturated heterocycles. The average molecular weight is 332 g/mol. The number of hydrogen-bond donors (Lipinski definition) is 1. The van der Waals surface area contributed by atoms with Crippen LogP contribution in [0, 0.1) is 0 Å². The lowest BCUT2D eigenvalue weighted by Crippen LogP contribution is -2.31. The lowest BCUT2D eigenvalue weighted by Gasteiger charge is -2.13. The van der Waals surface area contributed by atoms with E-state index in [2.05, 4.69) is 4.98 Å². The zero-order chi connectivity index (χ0) is 17.6. The number of Topliss-reactive ketones (excluding diaryl/α,β-unsaturated/α-hetero) is 1. The molecule has 0 fully saturated rings. The molecule has 0 unspecified atom stereocenters. The van der Waals surface area contributed by atoms with E-state index in [0.717, 1.165) is 16.5 Å². The second kappa shape index (κ2) is 5.70. The molecule has 5 nitrogen and oxygen atoms in total. The highest BCUT2D eigenvalue weighted by molar-refractivity contribution is 6.21. The maximum Gasteiger partial charge on any atom is 0.261 e. The van der Waals surface area contributed by atoms with Crippen LogP contribution in [0.4, 0.5) is 0 Å². The highest BCUT2D eigenvalue weighted by Gasteiger charge is 2.34. The van der Waals surface area contributed by atoms with E-state index in [1.54, 1.807) is 30.3 Å². The minimum atomic E-state index is -0.245. The van der Waals surface area contributed by atoms with Crippen LogP contribution in [-0.2, 0) is 6.42 Å². The number of nitrogens with zero attached hydrogens (tertiary/aromatic N) is 1. The molecule has 0 atom stereocenters. The number of H-pyrrole nitrogens is 1. The summed E-state index contributed by atoms with van der Waals surface area (Å²) < 4.78 is 0. The fourth-order valence-corrected chi connectivity index (χ4v) is 3.28. The zero-order valence-electron chi connectivity index (χ0n) is 13.7. The van der Waals surface area contributed by atoms with E-state index in [0.29, 0.717) is 29.7 Å². The van der Waals surface area contributed by atoms with Crippen LogP contribution in [0.5, 0.6) is 0 Å². The van der Waals surface area contributed by atoms with Crippen molar-refractivity contribution in [3.63, 3.8) is 0 Å². The van der Waals surface area contributed by atoms with Crippen molar-refractivity contribution in [2.45, 2.75) is 13.3 Å². The Morgan fingerprint density at radius 2 is 1.72 bits per heavy atom. The van der Waals surface area contributed by atoms with Crippen LogP contribution in [0.3, 0.4) is 0 Å². The van der Waals surface area contributed by atoms with Crippen molar-refractivity contribution in [2.75, 3.05) is 6.54 Å². The molecule has 25 heavy (non-hydrogen) atoms. The van der Waals surface area contributed by atoms with Crippen molar-refractivity contribution >= 4 is 28.5 Å². The minimum Gasteiger partial charge on any atom is -0.361 e. The third-order valence-electron chi connectivity index (χ3n) is 4.66. The van der Waals surface area contributed by atoms with Gasteiger partial charge in [0.1, 0.15) is 0 Å². The standard InChI is InChI=1S/C20H16N2O3/c1-12(23)13-6-7-18-17(10-13)14(11-21-18)8-9-22-19(24)15-4-2-3-5-16(15)20(22)25/h2-7,10-11,21H,8-9H2,1H3. The van der Waals surface area contributed by atoms with Gasteiger partial charge in [0.15, 0.2) is 5.78 Å². The Kier molecular flexibility index (Phi) is 3.50. The van der Waals surface area contributed by atoms with Crippen molar-refractivity contribution < 1.29 is 14.4 Å². The molecular formula is C20H16N2O3. The quantitative estimate of drug-likeness (QED) is 0.589. The number of hydrogen-bond acceptors (Lipinski definition) is 3. The number of fused-ring (bicyclic) bond motifs is 2. The molecule has 2 aromatic carbocycles. The molecule has 0 saturated carbocycles. The molecule has 2 heterocycles. The first-order chi connectivity index (χ1) is 12.1. The van der Waals surface area contributed by atoms with E-state index in [1.807, 2.05) is 18.3 Å². The van der Waals surface area contributed by atoms with Gasteiger partial charge in [0.25, 0.3) is 11.8 Å². The molecule has 0 radical (unpaired) electrons. The van der Waals surface area contributed by atoms with Gasteiger partial charge in [-0.2, -0.15) is 0 Å². The Morgan fingerprint density at radius 3 is 2.36 bits per heavy atom. The van der Waals surface area contributed by atoms with Crippen LogP contribution in [0.2, 0.25) is 0 Å². The predicted octanol–water partition coefficient (Wildman–Crippen LogP) is 3.21. The number of rotatable bonds is 4. The highest BCUT2D eigenvalue weighted by Crippen LogP contribution is 2.25. The lowest BCUT2D eigenvalue weighted by molar-refractivity contribution is 0.0656. The van der Waals surface area contributed by atoms with Crippen LogP contribution in [0.15, 0.2) is 48.7 Å². The maximum atomic E-state index is 12.4. The van der Waals surface area contributed by atoms with Crippen molar-refractivity contribution in [1.29, 1.82) is 0 Å². The van der Waals surface area contributed by atoms with Crippen LogP contribution < -0.4 is 0 Å². The van der Waals surface area contributed by atoms with E-state index < -0.39 is 0 Å². The van der Waals surface area contributed by atoms with Gasteiger partial charge in [-0.25, -0.2) is 0 Å². The number of amides is 2. The summed E-state index contributed by atoms with van der Waals surface area (Å²) >= 11 is 0. The molecule has 1 N–H and O–H groups in total. The molecule has 1 aliphatic rings. The monoisotopic (exact) mass is 332 g/mol. The molecule has 0 spiro atoms. The summed E-state index contributed by atoms with van der Waals surface area (Å²) in [5.41, 5.74) is 3.49. The summed E-state index contributed by atoms with van der Waals surface area (Å²) in [6.07, 6.45) is 2.40. The second-order valence-electron chi connectivity index (χ2n) is 6.19. The number of carbonyl (C=O) groups is 3. The van der Waals surface area contributed by atoms with Gasteiger partial charge in [-0.05, 0) is 49.2 Å². The number of imide groups is 1. The largest absolute Gasteiger partial charge is 0.361 e. The summed E-state index contributed by atoms with van der Waals surface area (Å²) in [6, 6.07) is 12.4. The van der Waals surface area contributed by atoms with Gasteiger partial charge in [0.2, 0.25) is 0 Å².